The van der Waals surface area contributed by atoms with Crippen LogP contribution < -0.4 is 0 Å². The molecule has 100 valence electrons. The fourth-order valence-corrected chi connectivity index (χ4v) is 1.40. The molecule has 0 radical (unpaired) electrons. The lowest BCUT2D eigenvalue weighted by Gasteiger charge is -2.15. The summed E-state index contributed by atoms with van der Waals surface area (Å²) in [7, 11) is 0. The fraction of sp³-hybridized carbons (Fsp3) is 0.846. The molecule has 4 heteroatoms. The van der Waals surface area contributed by atoms with Crippen LogP contribution in [0.25, 0.3) is 0 Å². The summed E-state index contributed by atoms with van der Waals surface area (Å²) in [6.45, 7) is 7.17. The molecule has 0 saturated heterocycles. The van der Waals surface area contributed by atoms with Gasteiger partial charge in [0.15, 0.2) is 0 Å². The van der Waals surface area contributed by atoms with Gasteiger partial charge in [0.05, 0.1) is 24.9 Å². The van der Waals surface area contributed by atoms with Crippen molar-refractivity contribution >= 4 is 0 Å². The summed E-state index contributed by atoms with van der Waals surface area (Å²) in [6, 6.07) is 0. The van der Waals surface area contributed by atoms with Crippen LogP contribution in [-0.4, -0.2) is 30.8 Å². The van der Waals surface area contributed by atoms with Crippen molar-refractivity contribution in [2.75, 3.05) is 6.61 Å². The van der Waals surface area contributed by atoms with E-state index in [1.54, 1.807) is 0 Å². The Morgan fingerprint density at radius 1 is 1.24 bits per heavy atom. The molecular weight excluding hydrogens is 226 g/mol. The second kappa shape index (κ2) is 5.91. The summed E-state index contributed by atoms with van der Waals surface area (Å²) < 4.78 is 37.2. The lowest BCUT2D eigenvalue weighted by Crippen LogP contribution is -2.20. The second-order valence-electron chi connectivity index (χ2n) is 5.06. The maximum atomic E-state index is 13.2. The summed E-state index contributed by atoms with van der Waals surface area (Å²) >= 11 is 0. The first-order chi connectivity index (χ1) is 7.83. The van der Waals surface area contributed by atoms with Gasteiger partial charge in [0, 0.05) is 12.3 Å². The normalized spacial score (nSPS) is 25.2. The highest BCUT2D eigenvalue weighted by Gasteiger charge is 2.39. The zero-order valence-electron chi connectivity index (χ0n) is 11.0. The number of allylic oxidation sites excluding steroid dienone is 1. The minimum Gasteiger partial charge on any atom is -0.373 e. The van der Waals surface area contributed by atoms with Gasteiger partial charge in [-0.2, -0.15) is 0 Å². The Labute approximate surface area is 102 Å². The summed E-state index contributed by atoms with van der Waals surface area (Å²) in [4.78, 5) is 0. The van der Waals surface area contributed by atoms with E-state index in [4.69, 9.17) is 9.47 Å². The lowest BCUT2D eigenvalue weighted by atomic mass is 10.1. The van der Waals surface area contributed by atoms with Gasteiger partial charge in [0.2, 0.25) is 0 Å². The van der Waals surface area contributed by atoms with Gasteiger partial charge in [-0.3, -0.25) is 0 Å². The Kier molecular flexibility index (Phi) is 5.07. The van der Waals surface area contributed by atoms with Crippen LogP contribution in [0.4, 0.5) is 8.78 Å². The predicted molar refractivity (Wildman–Crippen MR) is 63.3 cm³/mol. The van der Waals surface area contributed by atoms with Crippen LogP contribution in [0.15, 0.2) is 12.2 Å². The van der Waals surface area contributed by atoms with Crippen molar-refractivity contribution in [2.45, 2.75) is 58.4 Å². The molecule has 0 spiro atoms. The van der Waals surface area contributed by atoms with E-state index < -0.39 is 11.8 Å². The molecule has 2 unspecified atom stereocenters. The molecule has 1 rings (SSSR count). The van der Waals surface area contributed by atoms with Crippen LogP contribution in [0.2, 0.25) is 0 Å². The van der Waals surface area contributed by atoms with Crippen LogP contribution in [0.3, 0.4) is 0 Å². The quantitative estimate of drug-likeness (QED) is 0.643. The molecule has 0 heterocycles. The minimum absolute atomic E-state index is 0.0784. The predicted octanol–water partition coefficient (Wildman–Crippen LogP) is 3.42. The third kappa shape index (κ3) is 5.13. The maximum absolute atomic E-state index is 13.2. The number of hydrogen-bond acceptors (Lipinski definition) is 2. The molecule has 0 N–H and O–H groups in total. The van der Waals surface area contributed by atoms with Crippen molar-refractivity contribution in [2.24, 2.45) is 5.92 Å². The van der Waals surface area contributed by atoms with Crippen LogP contribution in [0.5, 0.6) is 0 Å². The van der Waals surface area contributed by atoms with Gasteiger partial charge in [-0.05, 0) is 19.9 Å². The Bertz CT molecular complexity index is 262. The highest BCUT2D eigenvalue weighted by molar-refractivity contribution is 4.98. The molecule has 0 aliphatic heterocycles. The van der Waals surface area contributed by atoms with E-state index in [2.05, 4.69) is 0 Å². The van der Waals surface area contributed by atoms with E-state index in [1.807, 2.05) is 13.8 Å². The highest BCUT2D eigenvalue weighted by atomic mass is 19.3. The SMILES string of the molecule is CC(C)OC1CC1OC/C=C/C(F)(F)C(C)C. The highest BCUT2D eigenvalue weighted by Crippen LogP contribution is 2.30. The van der Waals surface area contributed by atoms with Crippen molar-refractivity contribution < 1.29 is 18.3 Å². The standard InChI is InChI=1S/C13H22F2O2/c1-9(2)13(14,15)6-5-7-16-11-8-12(11)17-10(3)4/h5-6,9-12H,7-8H2,1-4H3/b6-5+. The van der Waals surface area contributed by atoms with E-state index in [9.17, 15) is 8.78 Å². The van der Waals surface area contributed by atoms with Gasteiger partial charge in [0.25, 0.3) is 5.92 Å². The number of alkyl halides is 2. The smallest absolute Gasteiger partial charge is 0.268 e. The van der Waals surface area contributed by atoms with Crippen LogP contribution in [0.1, 0.15) is 34.1 Å². The van der Waals surface area contributed by atoms with Crippen LogP contribution in [0, 0.1) is 5.92 Å². The first-order valence-electron chi connectivity index (χ1n) is 6.15. The summed E-state index contributed by atoms with van der Waals surface area (Å²) in [5.41, 5.74) is 0. The third-order valence-corrected chi connectivity index (χ3v) is 2.64. The van der Waals surface area contributed by atoms with Crippen molar-refractivity contribution in [3.8, 4) is 0 Å². The molecule has 1 aliphatic rings. The second-order valence-corrected chi connectivity index (χ2v) is 5.06. The zero-order chi connectivity index (χ0) is 13.1. The molecule has 1 aliphatic carbocycles. The number of halogens is 2. The molecule has 2 nitrogen and oxygen atoms in total. The van der Waals surface area contributed by atoms with Gasteiger partial charge >= 0.3 is 0 Å². The minimum atomic E-state index is -2.75. The molecule has 0 aromatic heterocycles. The van der Waals surface area contributed by atoms with E-state index in [1.165, 1.54) is 19.9 Å². The first kappa shape index (κ1) is 14.6. The van der Waals surface area contributed by atoms with Crippen molar-refractivity contribution in [3.05, 3.63) is 12.2 Å². The Balaban J connectivity index is 2.15. The van der Waals surface area contributed by atoms with Gasteiger partial charge in [-0.1, -0.05) is 19.9 Å². The molecule has 0 aromatic rings. The van der Waals surface area contributed by atoms with Crippen molar-refractivity contribution in [3.63, 3.8) is 0 Å². The Morgan fingerprint density at radius 3 is 2.41 bits per heavy atom. The topological polar surface area (TPSA) is 18.5 Å². The molecular formula is C13H22F2O2. The molecule has 17 heavy (non-hydrogen) atoms. The van der Waals surface area contributed by atoms with Crippen LogP contribution >= 0.6 is 0 Å². The van der Waals surface area contributed by atoms with E-state index in [-0.39, 0.29) is 24.9 Å². The largest absolute Gasteiger partial charge is 0.373 e. The van der Waals surface area contributed by atoms with Gasteiger partial charge in [0.1, 0.15) is 0 Å². The summed E-state index contributed by atoms with van der Waals surface area (Å²) in [5, 5.41) is 0. The average Bonchev–Trinajstić information content (AvgIpc) is 2.90. The molecule has 0 aromatic carbocycles. The van der Waals surface area contributed by atoms with Gasteiger partial charge in [-0.25, -0.2) is 8.78 Å². The Morgan fingerprint density at radius 2 is 1.88 bits per heavy atom. The average molecular weight is 248 g/mol. The van der Waals surface area contributed by atoms with Gasteiger partial charge < -0.3 is 9.47 Å². The van der Waals surface area contributed by atoms with E-state index in [0.29, 0.717) is 0 Å². The van der Waals surface area contributed by atoms with Gasteiger partial charge in [-0.15, -0.1) is 0 Å². The van der Waals surface area contributed by atoms with E-state index in [0.717, 1.165) is 12.5 Å². The number of hydrogen-bond donors (Lipinski definition) is 0. The van der Waals surface area contributed by atoms with Crippen molar-refractivity contribution in [1.82, 2.24) is 0 Å². The maximum Gasteiger partial charge on any atom is 0.268 e. The zero-order valence-corrected chi connectivity index (χ0v) is 11.0. The summed E-state index contributed by atoms with van der Waals surface area (Å²) in [6.07, 6.45) is 3.61. The lowest BCUT2D eigenvalue weighted by molar-refractivity contribution is 0.00392. The molecule has 1 saturated carbocycles. The molecule has 0 bridgehead atoms. The van der Waals surface area contributed by atoms with E-state index >= 15 is 0 Å². The monoisotopic (exact) mass is 248 g/mol. The molecule has 1 fully saturated rings. The number of ether oxygens (including phenoxy) is 2. The van der Waals surface area contributed by atoms with Crippen molar-refractivity contribution in [1.29, 1.82) is 0 Å². The van der Waals surface area contributed by atoms with Crippen LogP contribution in [-0.2, 0) is 9.47 Å². The summed E-state index contributed by atoms with van der Waals surface area (Å²) in [5.74, 6) is -3.43. The Hall–Kier alpha value is -0.480. The molecule has 0 amide bonds. The molecule has 2 atom stereocenters. The third-order valence-electron chi connectivity index (χ3n) is 2.64. The first-order valence-corrected chi connectivity index (χ1v) is 6.15. The fourth-order valence-electron chi connectivity index (χ4n) is 1.40. The number of rotatable bonds is 7.